The lowest BCUT2D eigenvalue weighted by Crippen LogP contribution is -2.45. The Morgan fingerprint density at radius 2 is 1.74 bits per heavy atom. The lowest BCUT2D eigenvalue weighted by molar-refractivity contribution is -0.125. The largest absolute Gasteiger partial charge is 0.355 e. The number of hydrogen-bond acceptors (Lipinski definition) is 6. The number of rotatable bonds is 7. The van der Waals surface area contributed by atoms with Crippen LogP contribution in [0.25, 0.3) is 11.2 Å². The van der Waals surface area contributed by atoms with Crippen LogP contribution in [0.2, 0.25) is 0 Å². The van der Waals surface area contributed by atoms with Crippen LogP contribution in [0.15, 0.2) is 53.5 Å². The highest BCUT2D eigenvalue weighted by Gasteiger charge is 2.28. The van der Waals surface area contributed by atoms with Crippen molar-refractivity contribution in [2.75, 3.05) is 44.2 Å². The number of nitrogens with zero attached hydrogens (tertiary/aromatic N) is 5. The summed E-state index contributed by atoms with van der Waals surface area (Å²) in [5.41, 5.74) is 2.20. The quantitative estimate of drug-likeness (QED) is 0.567. The van der Waals surface area contributed by atoms with E-state index in [9.17, 15) is 9.59 Å². The topological polar surface area (TPSA) is 83.4 Å². The molecule has 0 spiro atoms. The van der Waals surface area contributed by atoms with Crippen molar-refractivity contribution in [3.05, 3.63) is 64.6 Å². The molecule has 0 saturated carbocycles. The maximum Gasteiger partial charge on any atom is 0.295 e. The van der Waals surface area contributed by atoms with Crippen molar-refractivity contribution in [2.24, 2.45) is 5.92 Å². The van der Waals surface area contributed by atoms with Gasteiger partial charge >= 0.3 is 0 Å². The number of carbonyl (C=O) groups excluding carboxylic acids is 1. The van der Waals surface area contributed by atoms with Crippen LogP contribution >= 0.6 is 0 Å². The van der Waals surface area contributed by atoms with E-state index >= 15 is 0 Å². The van der Waals surface area contributed by atoms with Crippen LogP contribution in [0.4, 0.5) is 5.82 Å². The smallest absolute Gasteiger partial charge is 0.295 e. The highest BCUT2D eigenvalue weighted by molar-refractivity contribution is 5.79. The maximum atomic E-state index is 13.5. The van der Waals surface area contributed by atoms with Gasteiger partial charge in [0.1, 0.15) is 5.52 Å². The summed E-state index contributed by atoms with van der Waals surface area (Å²) in [5, 5.41) is 3.14. The highest BCUT2D eigenvalue weighted by Crippen LogP contribution is 2.22. The molecule has 3 aromatic rings. The average molecular weight is 475 g/mol. The molecule has 2 aliphatic heterocycles. The van der Waals surface area contributed by atoms with Crippen LogP contribution in [0.5, 0.6) is 0 Å². The number of carbonyl (C=O) groups is 1. The van der Waals surface area contributed by atoms with E-state index in [1.807, 2.05) is 47.4 Å². The summed E-state index contributed by atoms with van der Waals surface area (Å²) in [6, 6.07) is 13.7. The second kappa shape index (κ2) is 11.0. The Bertz CT molecular complexity index is 1200. The van der Waals surface area contributed by atoms with Crippen molar-refractivity contribution in [3.63, 3.8) is 0 Å². The van der Waals surface area contributed by atoms with Crippen molar-refractivity contribution in [1.29, 1.82) is 0 Å². The molecule has 1 N–H and O–H groups in total. The molecule has 35 heavy (non-hydrogen) atoms. The number of hydrogen-bond donors (Lipinski definition) is 1. The number of likely N-dealkylation sites (tertiary alicyclic amines) is 1. The third kappa shape index (κ3) is 5.53. The van der Waals surface area contributed by atoms with Crippen LogP contribution in [0.3, 0.4) is 0 Å². The standard InChI is InChI=1S/C27H34N6O2/c34-26(29-14-19-31-15-5-2-6-16-31)22-11-17-32(18-12-22)25-27(35)33(20-21-8-3-1-4-9-21)24-23(30-25)10-7-13-28-24/h1,3-4,7-10,13,22H,2,5-6,11-12,14-20H2,(H,29,34). The first-order valence-electron chi connectivity index (χ1n) is 12.8. The normalized spacial score (nSPS) is 17.5. The first-order valence-corrected chi connectivity index (χ1v) is 12.8. The van der Waals surface area contributed by atoms with Gasteiger partial charge < -0.3 is 15.1 Å². The zero-order valence-electron chi connectivity index (χ0n) is 20.2. The van der Waals surface area contributed by atoms with E-state index < -0.39 is 0 Å². The molecule has 0 atom stereocenters. The lowest BCUT2D eigenvalue weighted by Gasteiger charge is -2.32. The zero-order valence-corrected chi connectivity index (χ0v) is 20.2. The molecule has 0 unspecified atom stereocenters. The van der Waals surface area contributed by atoms with Gasteiger partial charge in [0, 0.05) is 38.3 Å². The molecule has 1 amide bonds. The average Bonchev–Trinajstić information content (AvgIpc) is 2.91. The van der Waals surface area contributed by atoms with Gasteiger partial charge in [0.25, 0.3) is 5.56 Å². The van der Waals surface area contributed by atoms with E-state index in [4.69, 9.17) is 4.98 Å². The van der Waals surface area contributed by atoms with Gasteiger partial charge in [-0.25, -0.2) is 9.97 Å². The van der Waals surface area contributed by atoms with E-state index in [0.29, 0.717) is 43.2 Å². The van der Waals surface area contributed by atoms with Crippen LogP contribution in [-0.4, -0.2) is 64.6 Å². The number of anilines is 1. The van der Waals surface area contributed by atoms with Gasteiger partial charge in [0.05, 0.1) is 6.54 Å². The van der Waals surface area contributed by atoms with E-state index in [0.717, 1.165) is 38.0 Å². The molecule has 2 saturated heterocycles. The predicted octanol–water partition coefficient (Wildman–Crippen LogP) is 2.66. The van der Waals surface area contributed by atoms with Crippen LogP contribution in [-0.2, 0) is 11.3 Å². The second-order valence-corrected chi connectivity index (χ2v) is 9.61. The SMILES string of the molecule is O=C(NCCN1CCCCC1)C1CCN(c2nc3cccnc3n(Cc3ccccc3)c2=O)CC1. The molecule has 0 aliphatic carbocycles. The highest BCUT2D eigenvalue weighted by atomic mass is 16.2. The van der Waals surface area contributed by atoms with E-state index in [1.54, 1.807) is 10.8 Å². The molecule has 8 nitrogen and oxygen atoms in total. The number of amides is 1. The summed E-state index contributed by atoms with van der Waals surface area (Å²) in [7, 11) is 0. The van der Waals surface area contributed by atoms with Crippen molar-refractivity contribution in [3.8, 4) is 0 Å². The first kappa shape index (κ1) is 23.5. The van der Waals surface area contributed by atoms with Crippen LogP contribution < -0.4 is 15.8 Å². The number of aromatic nitrogens is 3. The van der Waals surface area contributed by atoms with Crippen molar-refractivity contribution < 1.29 is 4.79 Å². The molecule has 2 aliphatic rings. The zero-order chi connectivity index (χ0) is 24.0. The summed E-state index contributed by atoms with van der Waals surface area (Å²) < 4.78 is 1.71. The monoisotopic (exact) mass is 474 g/mol. The predicted molar refractivity (Wildman–Crippen MR) is 138 cm³/mol. The first-order chi connectivity index (χ1) is 17.2. The number of fused-ring (bicyclic) bond motifs is 1. The van der Waals surface area contributed by atoms with Gasteiger partial charge in [-0.3, -0.25) is 14.2 Å². The Morgan fingerprint density at radius 1 is 0.971 bits per heavy atom. The molecular formula is C27H34N6O2. The third-order valence-electron chi connectivity index (χ3n) is 7.21. The Labute approximate surface area is 206 Å². The molecule has 2 fully saturated rings. The Kier molecular flexibility index (Phi) is 7.37. The van der Waals surface area contributed by atoms with Gasteiger partial charge in [0.2, 0.25) is 5.91 Å². The molecule has 184 valence electrons. The van der Waals surface area contributed by atoms with E-state index in [-0.39, 0.29) is 17.4 Å². The number of piperidine rings is 2. The molecule has 0 radical (unpaired) electrons. The van der Waals surface area contributed by atoms with Crippen molar-refractivity contribution in [1.82, 2.24) is 24.8 Å². The minimum absolute atomic E-state index is 0.0127. The maximum absolute atomic E-state index is 13.5. The number of benzene rings is 1. The van der Waals surface area contributed by atoms with E-state index in [2.05, 4.69) is 15.2 Å². The molecule has 4 heterocycles. The van der Waals surface area contributed by atoms with Gasteiger partial charge in [-0.15, -0.1) is 0 Å². The molecule has 5 rings (SSSR count). The summed E-state index contributed by atoms with van der Waals surface area (Å²) in [4.78, 5) is 39.9. The number of pyridine rings is 1. The summed E-state index contributed by atoms with van der Waals surface area (Å²) in [6.07, 6.45) is 6.98. The molecule has 1 aromatic carbocycles. The van der Waals surface area contributed by atoms with Crippen LogP contribution in [0, 0.1) is 5.92 Å². The minimum atomic E-state index is -0.135. The van der Waals surface area contributed by atoms with Gasteiger partial charge in [0.15, 0.2) is 11.5 Å². The van der Waals surface area contributed by atoms with Gasteiger partial charge in [-0.1, -0.05) is 36.8 Å². The third-order valence-corrected chi connectivity index (χ3v) is 7.21. The molecule has 0 bridgehead atoms. The summed E-state index contributed by atoms with van der Waals surface area (Å²) in [6.45, 7) is 5.66. The fourth-order valence-corrected chi connectivity index (χ4v) is 5.20. The molecule has 2 aromatic heterocycles. The Morgan fingerprint density at radius 3 is 2.51 bits per heavy atom. The summed E-state index contributed by atoms with van der Waals surface area (Å²) >= 11 is 0. The fraction of sp³-hybridized carbons (Fsp3) is 0.481. The van der Waals surface area contributed by atoms with Gasteiger partial charge in [-0.2, -0.15) is 0 Å². The van der Waals surface area contributed by atoms with Crippen molar-refractivity contribution >= 4 is 22.9 Å². The molecule has 8 heteroatoms. The Balaban J connectivity index is 1.25. The minimum Gasteiger partial charge on any atom is -0.355 e. The van der Waals surface area contributed by atoms with Crippen molar-refractivity contribution in [2.45, 2.75) is 38.6 Å². The Hall–Kier alpha value is -3.26. The summed E-state index contributed by atoms with van der Waals surface area (Å²) in [5.74, 6) is 0.575. The second-order valence-electron chi connectivity index (χ2n) is 9.61. The van der Waals surface area contributed by atoms with Gasteiger partial charge in [-0.05, 0) is 56.5 Å². The van der Waals surface area contributed by atoms with Crippen LogP contribution in [0.1, 0.15) is 37.7 Å². The fourth-order valence-electron chi connectivity index (χ4n) is 5.20. The lowest BCUT2D eigenvalue weighted by atomic mass is 9.96. The molecular weight excluding hydrogens is 440 g/mol. The van der Waals surface area contributed by atoms with E-state index in [1.165, 1.54) is 19.3 Å². The number of nitrogens with one attached hydrogen (secondary N) is 1.